The molecule has 0 unspecified atom stereocenters. The van der Waals surface area contributed by atoms with Gasteiger partial charge >= 0.3 is 5.56 Å². The maximum atomic E-state index is 12.3. The van der Waals surface area contributed by atoms with Crippen LogP contribution in [0.15, 0.2) is 71.8 Å². The third kappa shape index (κ3) is 3.57. The summed E-state index contributed by atoms with van der Waals surface area (Å²) in [4.78, 5) is 20.9. The van der Waals surface area contributed by atoms with Crippen molar-refractivity contribution in [1.29, 1.82) is 0 Å². The lowest BCUT2D eigenvalue weighted by molar-refractivity contribution is 0.402. The quantitative estimate of drug-likeness (QED) is 0.575. The van der Waals surface area contributed by atoms with E-state index in [1.54, 1.807) is 12.4 Å². The Bertz CT molecular complexity index is 1190. The molecule has 0 atom stereocenters. The second-order valence-corrected chi connectivity index (χ2v) is 6.54. The van der Waals surface area contributed by atoms with Gasteiger partial charge in [-0.2, -0.15) is 4.98 Å². The van der Waals surface area contributed by atoms with Crippen LogP contribution in [-0.4, -0.2) is 21.6 Å². The normalized spacial score (nSPS) is 10.8. The van der Waals surface area contributed by atoms with Crippen LogP contribution in [0.25, 0.3) is 10.9 Å². The fourth-order valence-corrected chi connectivity index (χ4v) is 3.10. The number of ether oxygens (including phenoxy) is 1. The van der Waals surface area contributed by atoms with Crippen molar-refractivity contribution < 1.29 is 4.74 Å². The first-order valence-corrected chi connectivity index (χ1v) is 8.96. The van der Waals surface area contributed by atoms with Gasteiger partial charge in [-0.15, -0.1) is 0 Å². The fraction of sp³-hybridized carbons (Fsp3) is 0.136. The summed E-state index contributed by atoms with van der Waals surface area (Å²) in [6, 6.07) is 18.0. The Balaban J connectivity index is 1.77. The third-order valence-electron chi connectivity index (χ3n) is 4.57. The van der Waals surface area contributed by atoms with Crippen molar-refractivity contribution in [3.63, 3.8) is 0 Å². The summed E-state index contributed by atoms with van der Waals surface area (Å²) in [5.74, 6) is 0.659. The van der Waals surface area contributed by atoms with E-state index in [0.717, 1.165) is 27.7 Å². The zero-order valence-electron chi connectivity index (χ0n) is 15.7. The van der Waals surface area contributed by atoms with Crippen molar-refractivity contribution in [2.45, 2.75) is 13.5 Å². The SMILES string of the molecule is COc1cn(Cc2ccccc2)c(Nc2cc3ncccc3cc2C)nc1=O. The number of nitrogens with zero attached hydrogens (tertiary/aromatic N) is 3. The highest BCUT2D eigenvalue weighted by molar-refractivity contribution is 5.84. The van der Waals surface area contributed by atoms with E-state index < -0.39 is 5.56 Å². The van der Waals surface area contributed by atoms with Crippen molar-refractivity contribution >= 4 is 22.5 Å². The van der Waals surface area contributed by atoms with Gasteiger partial charge in [-0.3, -0.25) is 9.78 Å². The average molecular weight is 372 g/mol. The molecular formula is C22H20N4O2. The van der Waals surface area contributed by atoms with Crippen molar-refractivity contribution in [2.24, 2.45) is 0 Å². The first-order chi connectivity index (χ1) is 13.6. The summed E-state index contributed by atoms with van der Waals surface area (Å²) in [7, 11) is 1.47. The predicted molar refractivity (Wildman–Crippen MR) is 110 cm³/mol. The van der Waals surface area contributed by atoms with Crippen molar-refractivity contribution in [3.05, 3.63) is 88.5 Å². The molecule has 0 saturated carbocycles. The van der Waals surface area contributed by atoms with E-state index in [4.69, 9.17) is 4.74 Å². The number of fused-ring (bicyclic) bond motifs is 1. The van der Waals surface area contributed by atoms with Crippen LogP contribution in [0.5, 0.6) is 5.75 Å². The van der Waals surface area contributed by atoms with Gasteiger partial charge in [-0.1, -0.05) is 36.4 Å². The Hall–Kier alpha value is -3.67. The maximum absolute atomic E-state index is 12.3. The van der Waals surface area contributed by atoms with Crippen LogP contribution in [0, 0.1) is 6.92 Å². The topological polar surface area (TPSA) is 69.0 Å². The summed E-state index contributed by atoms with van der Waals surface area (Å²) >= 11 is 0. The molecule has 6 heteroatoms. The molecule has 2 aromatic heterocycles. The molecule has 0 fully saturated rings. The van der Waals surface area contributed by atoms with Crippen LogP contribution in [0.4, 0.5) is 11.6 Å². The number of aryl methyl sites for hydroxylation is 1. The van der Waals surface area contributed by atoms with E-state index >= 15 is 0 Å². The van der Waals surface area contributed by atoms with E-state index in [1.165, 1.54) is 7.11 Å². The highest BCUT2D eigenvalue weighted by atomic mass is 16.5. The smallest absolute Gasteiger partial charge is 0.316 e. The zero-order valence-corrected chi connectivity index (χ0v) is 15.7. The first-order valence-electron chi connectivity index (χ1n) is 8.96. The molecule has 0 spiro atoms. The van der Waals surface area contributed by atoms with Crippen molar-refractivity contribution in [3.8, 4) is 5.75 Å². The molecule has 2 heterocycles. The van der Waals surface area contributed by atoms with Crippen LogP contribution in [-0.2, 0) is 6.54 Å². The van der Waals surface area contributed by atoms with Crippen LogP contribution >= 0.6 is 0 Å². The molecule has 0 amide bonds. The summed E-state index contributed by atoms with van der Waals surface area (Å²) in [5.41, 5.74) is 3.45. The van der Waals surface area contributed by atoms with Crippen LogP contribution in [0.2, 0.25) is 0 Å². The fourth-order valence-electron chi connectivity index (χ4n) is 3.10. The van der Waals surface area contributed by atoms with Gasteiger partial charge in [0.2, 0.25) is 11.7 Å². The standard InChI is InChI=1S/C22H20N4O2/c1-15-11-17-9-6-10-23-19(17)12-18(15)24-22-25-21(27)20(28-2)14-26(22)13-16-7-4-3-5-8-16/h3-12,14H,13H2,1-2H3,(H,24,25,27). The molecule has 28 heavy (non-hydrogen) atoms. The van der Waals surface area contributed by atoms with Crippen LogP contribution in [0.3, 0.4) is 0 Å². The maximum Gasteiger partial charge on any atom is 0.316 e. The molecule has 0 radical (unpaired) electrons. The summed E-state index contributed by atoms with van der Waals surface area (Å²) < 4.78 is 7.05. The van der Waals surface area contributed by atoms with Crippen LogP contribution in [0.1, 0.15) is 11.1 Å². The van der Waals surface area contributed by atoms with E-state index in [1.807, 2.05) is 60.0 Å². The summed E-state index contributed by atoms with van der Waals surface area (Å²) in [5, 5.41) is 4.37. The van der Waals surface area contributed by atoms with Gasteiger partial charge in [-0.25, -0.2) is 0 Å². The monoisotopic (exact) mass is 372 g/mol. The van der Waals surface area contributed by atoms with Crippen LogP contribution < -0.4 is 15.6 Å². The number of hydrogen-bond donors (Lipinski definition) is 1. The summed E-state index contributed by atoms with van der Waals surface area (Å²) in [6.07, 6.45) is 3.44. The Morgan fingerprint density at radius 2 is 1.93 bits per heavy atom. The second-order valence-electron chi connectivity index (χ2n) is 6.54. The molecule has 4 aromatic rings. The van der Waals surface area contributed by atoms with Gasteiger partial charge in [0, 0.05) is 17.3 Å². The molecule has 0 aliphatic carbocycles. The predicted octanol–water partition coefficient (Wildman–Crippen LogP) is 3.90. The van der Waals surface area contributed by atoms with E-state index in [0.29, 0.717) is 12.5 Å². The number of nitrogens with one attached hydrogen (secondary N) is 1. The molecule has 140 valence electrons. The van der Waals surface area contributed by atoms with Gasteiger partial charge in [0.05, 0.1) is 25.4 Å². The number of pyridine rings is 1. The number of hydrogen-bond acceptors (Lipinski definition) is 5. The van der Waals surface area contributed by atoms with Gasteiger partial charge in [0.25, 0.3) is 0 Å². The molecule has 4 rings (SSSR count). The number of methoxy groups -OCH3 is 1. The molecule has 0 bridgehead atoms. The number of benzene rings is 2. The first kappa shape index (κ1) is 17.7. The van der Waals surface area contributed by atoms with Gasteiger partial charge < -0.3 is 14.6 Å². The molecular weight excluding hydrogens is 352 g/mol. The number of aromatic nitrogens is 3. The Kier molecular flexibility index (Phi) is 4.76. The molecule has 0 saturated heterocycles. The second kappa shape index (κ2) is 7.52. The average Bonchev–Trinajstić information content (AvgIpc) is 2.71. The minimum absolute atomic E-state index is 0.207. The zero-order chi connectivity index (χ0) is 19.5. The molecule has 0 aliphatic heterocycles. The lowest BCUT2D eigenvalue weighted by Crippen LogP contribution is -2.19. The Labute approximate surface area is 162 Å². The largest absolute Gasteiger partial charge is 0.490 e. The third-order valence-corrected chi connectivity index (χ3v) is 4.57. The molecule has 0 aliphatic rings. The van der Waals surface area contributed by atoms with Crippen molar-refractivity contribution in [2.75, 3.05) is 12.4 Å². The minimum atomic E-state index is -0.411. The van der Waals surface area contributed by atoms with E-state index in [2.05, 4.69) is 21.4 Å². The molecule has 6 nitrogen and oxygen atoms in total. The Morgan fingerprint density at radius 1 is 1.11 bits per heavy atom. The Morgan fingerprint density at radius 3 is 2.71 bits per heavy atom. The minimum Gasteiger partial charge on any atom is -0.490 e. The van der Waals surface area contributed by atoms with E-state index in [9.17, 15) is 4.79 Å². The van der Waals surface area contributed by atoms with Crippen molar-refractivity contribution in [1.82, 2.24) is 14.5 Å². The summed E-state index contributed by atoms with van der Waals surface area (Å²) in [6.45, 7) is 2.57. The molecule has 2 aromatic carbocycles. The van der Waals surface area contributed by atoms with Gasteiger partial charge in [0.1, 0.15) is 0 Å². The lowest BCUT2D eigenvalue weighted by Gasteiger charge is -2.16. The van der Waals surface area contributed by atoms with Gasteiger partial charge in [0.15, 0.2) is 0 Å². The highest BCUT2D eigenvalue weighted by Crippen LogP contribution is 2.25. The number of rotatable bonds is 5. The van der Waals surface area contributed by atoms with Gasteiger partial charge in [-0.05, 0) is 36.2 Å². The molecule has 1 N–H and O–H groups in total. The van der Waals surface area contributed by atoms with E-state index in [-0.39, 0.29) is 5.75 Å². The lowest BCUT2D eigenvalue weighted by atomic mass is 10.1. The number of anilines is 2. The highest BCUT2D eigenvalue weighted by Gasteiger charge is 2.11.